The highest BCUT2D eigenvalue weighted by atomic mass is 35.5. The van der Waals surface area contributed by atoms with Gasteiger partial charge in [0.15, 0.2) is 0 Å². The number of halogens is 1. The summed E-state index contributed by atoms with van der Waals surface area (Å²) in [6.07, 6.45) is 5.56. The van der Waals surface area contributed by atoms with Crippen molar-refractivity contribution in [3.05, 3.63) is 53.3 Å². The van der Waals surface area contributed by atoms with Crippen LogP contribution in [0.3, 0.4) is 0 Å². The van der Waals surface area contributed by atoms with E-state index < -0.39 is 10.0 Å². The first-order valence-corrected chi connectivity index (χ1v) is 9.73. The van der Waals surface area contributed by atoms with Crippen molar-refractivity contribution in [1.82, 2.24) is 9.71 Å². The van der Waals surface area contributed by atoms with Crippen molar-refractivity contribution in [2.24, 2.45) is 5.92 Å². The smallest absolute Gasteiger partial charge is 0.211 e. The van der Waals surface area contributed by atoms with Crippen LogP contribution in [-0.4, -0.2) is 19.2 Å². The molecule has 1 fully saturated rings. The Bertz CT molecular complexity index is 804. The van der Waals surface area contributed by atoms with Crippen LogP contribution < -0.4 is 4.72 Å². The van der Waals surface area contributed by atoms with Crippen molar-refractivity contribution in [3.63, 3.8) is 0 Å². The van der Waals surface area contributed by atoms with Crippen molar-refractivity contribution in [2.45, 2.75) is 25.8 Å². The molecule has 0 saturated heterocycles. The van der Waals surface area contributed by atoms with Gasteiger partial charge in [0.1, 0.15) is 0 Å². The summed E-state index contributed by atoms with van der Waals surface area (Å²) in [5.41, 5.74) is 2.69. The predicted molar refractivity (Wildman–Crippen MR) is 92.7 cm³/mol. The van der Waals surface area contributed by atoms with E-state index in [-0.39, 0.29) is 11.8 Å². The number of rotatable bonds is 6. The Balaban J connectivity index is 1.96. The number of nitrogens with one attached hydrogen (secondary N) is 1. The molecule has 1 saturated carbocycles. The van der Waals surface area contributed by atoms with E-state index in [1.165, 1.54) is 0 Å². The first-order chi connectivity index (χ1) is 11.0. The fourth-order valence-electron chi connectivity index (χ4n) is 2.61. The van der Waals surface area contributed by atoms with Crippen LogP contribution in [0.15, 0.2) is 42.7 Å². The lowest BCUT2D eigenvalue weighted by Gasteiger charge is -2.19. The van der Waals surface area contributed by atoms with Crippen LogP contribution in [0.25, 0.3) is 11.1 Å². The van der Waals surface area contributed by atoms with Crippen LogP contribution in [0.5, 0.6) is 0 Å². The van der Waals surface area contributed by atoms with Gasteiger partial charge in [0, 0.05) is 28.5 Å². The maximum absolute atomic E-state index is 12.0. The van der Waals surface area contributed by atoms with Crippen molar-refractivity contribution in [1.29, 1.82) is 0 Å². The fourth-order valence-corrected chi connectivity index (χ4v) is 3.74. The maximum atomic E-state index is 12.0. The molecule has 2 aromatic rings. The molecule has 1 aliphatic rings. The first kappa shape index (κ1) is 16.4. The molecule has 1 N–H and O–H groups in total. The summed E-state index contributed by atoms with van der Waals surface area (Å²) in [5.74, 6) is 0.424. The molecular weight excluding hydrogens is 332 g/mol. The second-order valence-electron chi connectivity index (χ2n) is 5.82. The SMILES string of the molecule is CCS(=O)(=O)NC(c1cncc(-c2ccccc2Cl)c1)C1CC1. The van der Waals surface area contributed by atoms with Crippen molar-refractivity contribution in [2.75, 3.05) is 5.75 Å². The van der Waals surface area contributed by atoms with E-state index in [0.29, 0.717) is 10.9 Å². The molecule has 0 bridgehead atoms. The summed E-state index contributed by atoms with van der Waals surface area (Å²) in [7, 11) is -3.26. The minimum Gasteiger partial charge on any atom is -0.264 e. The topological polar surface area (TPSA) is 59.1 Å². The summed E-state index contributed by atoms with van der Waals surface area (Å²) in [6.45, 7) is 1.64. The van der Waals surface area contributed by atoms with Crippen molar-refractivity contribution in [3.8, 4) is 11.1 Å². The quantitative estimate of drug-likeness (QED) is 0.862. The number of hydrogen-bond donors (Lipinski definition) is 1. The molecule has 0 amide bonds. The molecule has 23 heavy (non-hydrogen) atoms. The van der Waals surface area contributed by atoms with Gasteiger partial charge in [-0.05, 0) is 43.4 Å². The molecule has 1 unspecified atom stereocenters. The van der Waals surface area contributed by atoms with E-state index in [0.717, 1.165) is 29.5 Å². The molecule has 0 spiro atoms. The third-order valence-electron chi connectivity index (χ3n) is 4.08. The third kappa shape index (κ3) is 3.91. The van der Waals surface area contributed by atoms with E-state index in [1.807, 2.05) is 30.3 Å². The molecule has 0 radical (unpaired) electrons. The van der Waals surface area contributed by atoms with Crippen molar-refractivity contribution < 1.29 is 8.42 Å². The van der Waals surface area contributed by atoms with Crippen LogP contribution in [0.4, 0.5) is 0 Å². The highest BCUT2D eigenvalue weighted by molar-refractivity contribution is 7.89. The average molecular weight is 351 g/mol. The van der Waals surface area contributed by atoms with Gasteiger partial charge in [-0.1, -0.05) is 29.8 Å². The summed E-state index contributed by atoms with van der Waals surface area (Å²) in [4.78, 5) is 4.30. The normalized spacial score (nSPS) is 16.3. The lowest BCUT2D eigenvalue weighted by molar-refractivity contribution is 0.529. The first-order valence-electron chi connectivity index (χ1n) is 7.70. The standard InChI is InChI=1S/C17H19ClN2O2S/c1-2-23(21,22)20-17(12-7-8-12)14-9-13(10-19-11-14)15-5-3-4-6-16(15)18/h3-6,9-12,17,20H,2,7-8H2,1H3. The molecular formula is C17H19ClN2O2S. The highest BCUT2D eigenvalue weighted by Crippen LogP contribution is 2.42. The van der Waals surface area contributed by atoms with Crippen LogP contribution in [0, 0.1) is 5.92 Å². The fraction of sp³-hybridized carbons (Fsp3) is 0.353. The zero-order valence-electron chi connectivity index (χ0n) is 12.9. The second-order valence-corrected chi connectivity index (χ2v) is 8.27. The Morgan fingerprint density at radius 2 is 2.04 bits per heavy atom. The molecule has 1 aromatic carbocycles. The van der Waals surface area contributed by atoms with E-state index in [1.54, 1.807) is 19.3 Å². The summed E-state index contributed by atoms with van der Waals surface area (Å²) in [6, 6.07) is 9.34. The van der Waals surface area contributed by atoms with Gasteiger partial charge >= 0.3 is 0 Å². The molecule has 1 atom stereocenters. The van der Waals surface area contributed by atoms with Gasteiger partial charge in [0.25, 0.3) is 0 Å². The number of sulfonamides is 1. The summed E-state index contributed by atoms with van der Waals surface area (Å²) < 4.78 is 26.8. The molecule has 1 heterocycles. The van der Waals surface area contributed by atoms with Gasteiger partial charge in [-0.15, -0.1) is 0 Å². The Kier molecular flexibility index (Phi) is 4.71. The number of pyridine rings is 1. The number of hydrogen-bond acceptors (Lipinski definition) is 3. The maximum Gasteiger partial charge on any atom is 0.211 e. The Morgan fingerprint density at radius 1 is 1.30 bits per heavy atom. The van der Waals surface area contributed by atoms with Gasteiger partial charge in [-0.2, -0.15) is 0 Å². The number of nitrogens with zero attached hydrogens (tertiary/aromatic N) is 1. The Labute approximate surface area is 142 Å². The minimum atomic E-state index is -3.26. The second kappa shape index (κ2) is 6.59. The molecule has 4 nitrogen and oxygen atoms in total. The lowest BCUT2D eigenvalue weighted by Crippen LogP contribution is -2.31. The zero-order chi connectivity index (χ0) is 16.4. The van der Waals surface area contributed by atoms with Gasteiger partial charge < -0.3 is 0 Å². The molecule has 0 aliphatic heterocycles. The molecule has 122 valence electrons. The molecule has 6 heteroatoms. The minimum absolute atomic E-state index is 0.0772. The predicted octanol–water partition coefficient (Wildman–Crippen LogP) is 3.79. The van der Waals surface area contributed by atoms with E-state index >= 15 is 0 Å². The van der Waals surface area contributed by atoms with Gasteiger partial charge in [0.05, 0.1) is 11.8 Å². The van der Waals surface area contributed by atoms with E-state index in [2.05, 4.69) is 9.71 Å². The van der Waals surface area contributed by atoms with Crippen LogP contribution >= 0.6 is 11.6 Å². The van der Waals surface area contributed by atoms with Gasteiger partial charge in [0.2, 0.25) is 10.0 Å². The van der Waals surface area contributed by atoms with E-state index in [9.17, 15) is 8.42 Å². The largest absolute Gasteiger partial charge is 0.264 e. The van der Waals surface area contributed by atoms with Crippen molar-refractivity contribution >= 4 is 21.6 Å². The lowest BCUT2D eigenvalue weighted by atomic mass is 10.0. The molecule has 1 aromatic heterocycles. The molecule has 3 rings (SSSR count). The van der Waals surface area contributed by atoms with Gasteiger partial charge in [-0.3, -0.25) is 4.98 Å². The summed E-state index contributed by atoms with van der Waals surface area (Å²) in [5, 5.41) is 0.656. The van der Waals surface area contributed by atoms with Crippen LogP contribution in [0.2, 0.25) is 5.02 Å². The number of benzene rings is 1. The van der Waals surface area contributed by atoms with Crippen LogP contribution in [0.1, 0.15) is 31.4 Å². The average Bonchev–Trinajstić information content (AvgIpc) is 3.38. The Morgan fingerprint density at radius 3 is 2.70 bits per heavy atom. The summed E-state index contributed by atoms with van der Waals surface area (Å²) >= 11 is 6.26. The monoisotopic (exact) mass is 350 g/mol. The van der Waals surface area contributed by atoms with Gasteiger partial charge in [-0.25, -0.2) is 13.1 Å². The highest BCUT2D eigenvalue weighted by Gasteiger charge is 2.35. The number of aromatic nitrogens is 1. The third-order valence-corrected chi connectivity index (χ3v) is 5.79. The van der Waals surface area contributed by atoms with E-state index in [4.69, 9.17) is 11.6 Å². The molecule has 1 aliphatic carbocycles. The van der Waals surface area contributed by atoms with Crippen LogP contribution in [-0.2, 0) is 10.0 Å². The zero-order valence-corrected chi connectivity index (χ0v) is 14.4. The Hall–Kier alpha value is -1.43.